The Bertz CT molecular complexity index is 592. The molecule has 0 N–H and O–H groups in total. The van der Waals surface area contributed by atoms with Crippen LogP contribution in [0.25, 0.3) is 0 Å². The molecule has 0 saturated carbocycles. The van der Waals surface area contributed by atoms with E-state index < -0.39 is 23.3 Å². The summed E-state index contributed by atoms with van der Waals surface area (Å²) < 4.78 is 10.8. The molecule has 0 radical (unpaired) electrons. The van der Waals surface area contributed by atoms with E-state index in [0.717, 1.165) is 12.0 Å². The molecular formula is C17H21NO4. The van der Waals surface area contributed by atoms with E-state index in [1.165, 1.54) is 0 Å². The molecule has 1 amide bonds. The number of carbonyl (C=O) groups excluding carboxylic acids is 2. The second kappa shape index (κ2) is 5.00. The highest BCUT2D eigenvalue weighted by Crippen LogP contribution is 2.51. The number of ether oxygens (including phenoxy) is 2. The molecule has 1 aromatic rings. The van der Waals surface area contributed by atoms with Gasteiger partial charge in [-0.15, -0.1) is 0 Å². The Kier molecular flexibility index (Phi) is 3.38. The lowest BCUT2D eigenvalue weighted by Crippen LogP contribution is -2.66. The number of carbonyl (C=O) groups is 2. The molecule has 5 heteroatoms. The minimum Gasteiger partial charge on any atom is -0.452 e. The number of esters is 1. The van der Waals surface area contributed by atoms with Crippen molar-refractivity contribution in [2.24, 2.45) is 0 Å². The molecule has 1 aromatic carbocycles. The molecule has 0 aliphatic carbocycles. The van der Waals surface area contributed by atoms with Crippen LogP contribution >= 0.6 is 0 Å². The smallest absolute Gasteiger partial charge is 0.411 e. The zero-order valence-electron chi connectivity index (χ0n) is 13.2. The van der Waals surface area contributed by atoms with Crippen LogP contribution in [0.3, 0.4) is 0 Å². The van der Waals surface area contributed by atoms with Gasteiger partial charge < -0.3 is 9.47 Å². The van der Waals surface area contributed by atoms with E-state index in [1.54, 1.807) is 4.90 Å². The van der Waals surface area contributed by atoms with E-state index >= 15 is 0 Å². The number of benzene rings is 1. The van der Waals surface area contributed by atoms with Gasteiger partial charge in [0.2, 0.25) is 0 Å². The van der Waals surface area contributed by atoms with Crippen molar-refractivity contribution in [2.45, 2.75) is 50.9 Å². The maximum Gasteiger partial charge on any atom is 0.411 e. The van der Waals surface area contributed by atoms with Crippen molar-refractivity contribution in [3.05, 3.63) is 35.9 Å². The summed E-state index contributed by atoms with van der Waals surface area (Å²) in [5.41, 5.74) is -0.571. The van der Waals surface area contributed by atoms with Crippen molar-refractivity contribution in [1.82, 2.24) is 4.90 Å². The fraction of sp³-hybridized carbons (Fsp3) is 0.529. The Hall–Kier alpha value is -2.04. The van der Waals surface area contributed by atoms with Crippen molar-refractivity contribution in [3.63, 3.8) is 0 Å². The molecular weight excluding hydrogens is 282 g/mol. The highest BCUT2D eigenvalue weighted by atomic mass is 16.6. The average Bonchev–Trinajstić information content (AvgIpc) is 2.91. The zero-order chi connectivity index (χ0) is 16.0. The van der Waals surface area contributed by atoms with Gasteiger partial charge in [-0.25, -0.2) is 9.59 Å². The Morgan fingerprint density at radius 2 is 2.00 bits per heavy atom. The van der Waals surface area contributed by atoms with Crippen LogP contribution in [0.1, 0.15) is 45.3 Å². The monoisotopic (exact) mass is 303 g/mol. The van der Waals surface area contributed by atoms with Crippen molar-refractivity contribution >= 4 is 12.1 Å². The molecule has 22 heavy (non-hydrogen) atoms. The zero-order valence-corrected chi connectivity index (χ0v) is 13.2. The van der Waals surface area contributed by atoms with E-state index in [4.69, 9.17) is 9.47 Å². The summed E-state index contributed by atoms with van der Waals surface area (Å²) in [7, 11) is 0. The van der Waals surface area contributed by atoms with Gasteiger partial charge in [0.1, 0.15) is 5.60 Å². The molecule has 5 nitrogen and oxygen atoms in total. The van der Waals surface area contributed by atoms with Crippen LogP contribution in [-0.2, 0) is 14.3 Å². The number of cyclic esters (lactones) is 1. The van der Waals surface area contributed by atoms with Crippen LogP contribution in [0.4, 0.5) is 4.79 Å². The first-order valence-corrected chi connectivity index (χ1v) is 7.61. The van der Waals surface area contributed by atoms with Crippen LogP contribution in [-0.4, -0.2) is 34.6 Å². The SMILES string of the molecule is CC(C)(C)OC(=O)N1CCC[C@]12C(=O)O[C@H]2c1ccccc1. The molecule has 2 aliphatic heterocycles. The quantitative estimate of drug-likeness (QED) is 0.748. The van der Waals surface area contributed by atoms with Gasteiger partial charge in [-0.1, -0.05) is 30.3 Å². The molecule has 118 valence electrons. The first kappa shape index (κ1) is 14.9. The largest absolute Gasteiger partial charge is 0.452 e. The maximum absolute atomic E-state index is 12.5. The summed E-state index contributed by atoms with van der Waals surface area (Å²) >= 11 is 0. The van der Waals surface area contributed by atoms with Crippen molar-refractivity contribution < 1.29 is 19.1 Å². The van der Waals surface area contributed by atoms with Crippen molar-refractivity contribution in [1.29, 1.82) is 0 Å². The van der Waals surface area contributed by atoms with E-state index in [9.17, 15) is 9.59 Å². The first-order chi connectivity index (χ1) is 10.3. The molecule has 2 atom stereocenters. The molecule has 2 heterocycles. The lowest BCUT2D eigenvalue weighted by Gasteiger charge is -2.49. The minimum absolute atomic E-state index is 0.329. The molecule has 0 bridgehead atoms. The Labute approximate surface area is 130 Å². The summed E-state index contributed by atoms with van der Waals surface area (Å²) in [5.74, 6) is -0.329. The van der Waals surface area contributed by atoms with Gasteiger partial charge in [-0.3, -0.25) is 4.90 Å². The van der Waals surface area contributed by atoms with E-state index in [2.05, 4.69) is 0 Å². The molecule has 2 aliphatic rings. The minimum atomic E-state index is -0.899. The summed E-state index contributed by atoms with van der Waals surface area (Å²) in [6.07, 6.45) is 0.543. The van der Waals surface area contributed by atoms with Gasteiger partial charge in [0.15, 0.2) is 11.6 Å². The van der Waals surface area contributed by atoms with Gasteiger partial charge in [0, 0.05) is 6.54 Å². The number of nitrogens with zero attached hydrogens (tertiary/aromatic N) is 1. The molecule has 1 spiro atoms. The molecule has 2 fully saturated rings. The highest BCUT2D eigenvalue weighted by molar-refractivity contribution is 5.92. The molecule has 2 saturated heterocycles. The van der Waals surface area contributed by atoms with Gasteiger partial charge in [0.05, 0.1) is 0 Å². The number of hydrogen-bond acceptors (Lipinski definition) is 4. The van der Waals surface area contributed by atoms with Crippen LogP contribution < -0.4 is 0 Å². The van der Waals surface area contributed by atoms with Crippen LogP contribution in [0.2, 0.25) is 0 Å². The van der Waals surface area contributed by atoms with Gasteiger partial charge >= 0.3 is 12.1 Å². The summed E-state index contributed by atoms with van der Waals surface area (Å²) in [6, 6.07) is 9.57. The highest BCUT2D eigenvalue weighted by Gasteiger charge is 2.66. The second-order valence-electron chi connectivity index (χ2n) is 6.86. The van der Waals surface area contributed by atoms with Crippen molar-refractivity contribution in [2.75, 3.05) is 6.54 Å². The standard InChI is InChI=1S/C17H21NO4/c1-16(2,3)22-15(20)18-11-7-10-17(18)13(21-14(17)19)12-8-5-4-6-9-12/h4-6,8-9,13H,7,10-11H2,1-3H3/t13-,17-/m0/s1. The number of likely N-dealkylation sites (tertiary alicyclic amines) is 1. The summed E-state index contributed by atoms with van der Waals surface area (Å²) in [6.45, 7) is 5.98. The maximum atomic E-state index is 12.5. The average molecular weight is 303 g/mol. The lowest BCUT2D eigenvalue weighted by molar-refractivity contribution is -0.207. The number of amides is 1. The van der Waals surface area contributed by atoms with Gasteiger partial charge in [-0.2, -0.15) is 0 Å². The third kappa shape index (κ3) is 2.25. The van der Waals surface area contributed by atoms with Crippen LogP contribution in [0.15, 0.2) is 30.3 Å². The van der Waals surface area contributed by atoms with E-state index in [1.807, 2.05) is 51.1 Å². The Morgan fingerprint density at radius 1 is 1.32 bits per heavy atom. The topological polar surface area (TPSA) is 55.8 Å². The van der Waals surface area contributed by atoms with Crippen LogP contribution in [0, 0.1) is 0 Å². The molecule has 0 unspecified atom stereocenters. The predicted molar refractivity (Wildman–Crippen MR) is 80.2 cm³/mol. The molecule has 0 aromatic heterocycles. The summed E-state index contributed by atoms with van der Waals surface area (Å²) in [5, 5.41) is 0. The number of hydrogen-bond donors (Lipinski definition) is 0. The van der Waals surface area contributed by atoms with E-state index in [0.29, 0.717) is 13.0 Å². The third-order valence-electron chi connectivity index (χ3n) is 4.15. The van der Waals surface area contributed by atoms with Gasteiger partial charge in [-0.05, 0) is 39.2 Å². The normalized spacial score (nSPS) is 27.5. The number of rotatable bonds is 1. The molecule has 3 rings (SSSR count). The predicted octanol–water partition coefficient (Wildman–Crippen LogP) is 3.05. The lowest BCUT2D eigenvalue weighted by atomic mass is 9.80. The van der Waals surface area contributed by atoms with Gasteiger partial charge in [0.25, 0.3) is 0 Å². The Balaban J connectivity index is 1.89. The van der Waals surface area contributed by atoms with Crippen molar-refractivity contribution in [3.8, 4) is 0 Å². The van der Waals surface area contributed by atoms with E-state index in [-0.39, 0.29) is 5.97 Å². The third-order valence-corrected chi connectivity index (χ3v) is 4.15. The Morgan fingerprint density at radius 3 is 2.59 bits per heavy atom. The first-order valence-electron chi connectivity index (χ1n) is 7.61. The van der Waals surface area contributed by atoms with Crippen LogP contribution in [0.5, 0.6) is 0 Å². The fourth-order valence-electron chi connectivity index (χ4n) is 3.22. The second-order valence-corrected chi connectivity index (χ2v) is 6.86. The summed E-state index contributed by atoms with van der Waals surface area (Å²) in [4.78, 5) is 26.3. The fourth-order valence-corrected chi connectivity index (χ4v) is 3.22.